The van der Waals surface area contributed by atoms with Gasteiger partial charge in [-0.2, -0.15) is 0 Å². The molecule has 1 aliphatic rings. The van der Waals surface area contributed by atoms with E-state index in [4.69, 9.17) is 23.7 Å². The zero-order valence-electron chi connectivity index (χ0n) is 26.0. The molecule has 1 aromatic heterocycles. The molecule has 1 aliphatic heterocycles. The molecule has 45 heavy (non-hydrogen) atoms. The Kier molecular flexibility index (Phi) is 10.0. The molecule has 0 fully saturated rings. The van der Waals surface area contributed by atoms with E-state index in [1.54, 1.807) is 43.7 Å². The summed E-state index contributed by atoms with van der Waals surface area (Å²) in [4.78, 5) is 32.2. The number of esters is 1. The normalized spacial score (nSPS) is 14.4. The van der Waals surface area contributed by atoms with E-state index < -0.39 is 12.0 Å². The van der Waals surface area contributed by atoms with Crippen molar-refractivity contribution in [2.45, 2.75) is 33.7 Å². The minimum Gasteiger partial charge on any atom is -0.497 e. The first-order valence-electron chi connectivity index (χ1n) is 14.8. The highest BCUT2D eigenvalue weighted by molar-refractivity contribution is 7.07. The first-order chi connectivity index (χ1) is 21.8. The van der Waals surface area contributed by atoms with Gasteiger partial charge in [-0.25, -0.2) is 9.79 Å². The molecule has 1 atom stereocenters. The lowest BCUT2D eigenvalue weighted by atomic mass is 9.96. The zero-order chi connectivity index (χ0) is 31.9. The van der Waals surface area contributed by atoms with E-state index in [0.29, 0.717) is 57.7 Å². The van der Waals surface area contributed by atoms with Gasteiger partial charge in [-0.1, -0.05) is 47.2 Å². The van der Waals surface area contributed by atoms with E-state index in [0.717, 1.165) is 16.9 Å². The lowest BCUT2D eigenvalue weighted by Crippen LogP contribution is -2.39. The molecule has 234 valence electrons. The molecule has 1 unspecified atom stereocenters. The molecular weight excluding hydrogens is 592 g/mol. The maximum absolute atomic E-state index is 14.0. The molecule has 4 aromatic rings. The van der Waals surface area contributed by atoms with Crippen molar-refractivity contribution in [1.29, 1.82) is 0 Å². The smallest absolute Gasteiger partial charge is 0.338 e. The molecule has 0 aliphatic carbocycles. The molecule has 0 N–H and O–H groups in total. The van der Waals surface area contributed by atoms with Crippen molar-refractivity contribution in [1.82, 2.24) is 4.57 Å². The summed E-state index contributed by atoms with van der Waals surface area (Å²) in [5, 5.41) is 0. The quantitative estimate of drug-likeness (QED) is 0.161. The van der Waals surface area contributed by atoms with Crippen LogP contribution in [0.3, 0.4) is 0 Å². The number of rotatable bonds is 12. The molecule has 10 heteroatoms. The van der Waals surface area contributed by atoms with Crippen molar-refractivity contribution in [3.8, 4) is 23.0 Å². The largest absolute Gasteiger partial charge is 0.497 e. The Hall–Kier alpha value is -4.83. The van der Waals surface area contributed by atoms with Crippen LogP contribution in [0.25, 0.3) is 6.08 Å². The highest BCUT2D eigenvalue weighted by Gasteiger charge is 2.33. The Morgan fingerprint density at radius 2 is 1.60 bits per heavy atom. The number of nitrogens with zero attached hydrogens (tertiary/aromatic N) is 2. The van der Waals surface area contributed by atoms with Crippen molar-refractivity contribution in [2.24, 2.45) is 4.99 Å². The molecule has 0 spiro atoms. The number of hydrogen-bond donors (Lipinski definition) is 0. The number of fused-ring (bicyclic) bond motifs is 1. The van der Waals surface area contributed by atoms with Gasteiger partial charge < -0.3 is 23.7 Å². The first kappa shape index (κ1) is 31.6. The van der Waals surface area contributed by atoms with Gasteiger partial charge in [0.15, 0.2) is 16.3 Å². The third-order valence-electron chi connectivity index (χ3n) is 7.14. The van der Waals surface area contributed by atoms with E-state index >= 15 is 0 Å². The Morgan fingerprint density at radius 3 is 2.29 bits per heavy atom. The standard InChI is InChI=1S/C35H36N2O7S/c1-6-41-29-20-24(10-17-28(29)44-19-18-43-27-13-8-22(3)9-14-27)21-30-33(38)37-32(25-11-15-26(40-5)16-12-25)31(34(39)42-7-2)23(4)36-35(37)45-30/h8-17,20-21,32H,6-7,18-19H2,1-5H3/b30-21-. The summed E-state index contributed by atoms with van der Waals surface area (Å²) in [6.45, 7) is 8.80. The van der Waals surface area contributed by atoms with Crippen LogP contribution in [0.15, 0.2) is 87.8 Å². The lowest BCUT2D eigenvalue weighted by Gasteiger charge is -2.24. The van der Waals surface area contributed by atoms with Crippen molar-refractivity contribution >= 4 is 23.4 Å². The van der Waals surface area contributed by atoms with Gasteiger partial charge in [0.05, 0.1) is 42.2 Å². The van der Waals surface area contributed by atoms with Crippen LogP contribution in [0.2, 0.25) is 0 Å². The molecule has 0 bridgehead atoms. The molecule has 2 heterocycles. The molecule has 0 saturated heterocycles. The molecule has 0 saturated carbocycles. The number of benzene rings is 3. The average molecular weight is 629 g/mol. The maximum Gasteiger partial charge on any atom is 0.338 e. The van der Waals surface area contributed by atoms with E-state index in [9.17, 15) is 9.59 Å². The second-order valence-electron chi connectivity index (χ2n) is 10.2. The predicted octanol–water partition coefficient (Wildman–Crippen LogP) is 4.97. The zero-order valence-corrected chi connectivity index (χ0v) is 26.8. The summed E-state index contributed by atoms with van der Waals surface area (Å²) in [6.07, 6.45) is 1.80. The fraction of sp³-hybridized carbons (Fsp3) is 0.286. The number of hydrogen-bond acceptors (Lipinski definition) is 9. The van der Waals surface area contributed by atoms with Crippen LogP contribution in [-0.4, -0.2) is 44.1 Å². The van der Waals surface area contributed by atoms with Gasteiger partial charge in [0.25, 0.3) is 5.56 Å². The number of aryl methyl sites for hydroxylation is 1. The summed E-state index contributed by atoms with van der Waals surface area (Å²) in [5.74, 6) is 2.09. The summed E-state index contributed by atoms with van der Waals surface area (Å²) in [7, 11) is 1.59. The third kappa shape index (κ3) is 7.12. The maximum atomic E-state index is 14.0. The van der Waals surface area contributed by atoms with Crippen LogP contribution in [0.5, 0.6) is 23.0 Å². The van der Waals surface area contributed by atoms with Gasteiger partial charge in [-0.05, 0) is 81.3 Å². The molecular formula is C35H36N2O7S. The molecule has 9 nitrogen and oxygen atoms in total. The minimum absolute atomic E-state index is 0.205. The lowest BCUT2D eigenvalue weighted by molar-refractivity contribution is -0.139. The Labute approximate surface area is 265 Å². The third-order valence-corrected chi connectivity index (χ3v) is 8.13. The molecule has 3 aromatic carbocycles. The van der Waals surface area contributed by atoms with Crippen molar-refractivity contribution in [3.05, 3.63) is 114 Å². The van der Waals surface area contributed by atoms with Crippen LogP contribution in [0.1, 0.15) is 43.5 Å². The van der Waals surface area contributed by atoms with Crippen LogP contribution in [0, 0.1) is 6.92 Å². The number of ether oxygens (including phenoxy) is 5. The summed E-state index contributed by atoms with van der Waals surface area (Å²) in [5.41, 5.74) is 3.24. The van der Waals surface area contributed by atoms with Crippen LogP contribution < -0.4 is 33.8 Å². The summed E-state index contributed by atoms with van der Waals surface area (Å²) >= 11 is 1.26. The highest BCUT2D eigenvalue weighted by Crippen LogP contribution is 2.32. The summed E-state index contributed by atoms with van der Waals surface area (Å²) < 4.78 is 30.4. The van der Waals surface area contributed by atoms with Gasteiger partial charge in [0, 0.05) is 0 Å². The van der Waals surface area contributed by atoms with Crippen LogP contribution >= 0.6 is 11.3 Å². The number of carbonyl (C=O) groups excluding carboxylic acids is 1. The number of carbonyl (C=O) groups is 1. The van der Waals surface area contributed by atoms with Crippen molar-refractivity contribution in [3.63, 3.8) is 0 Å². The van der Waals surface area contributed by atoms with Crippen molar-refractivity contribution in [2.75, 3.05) is 33.5 Å². The van der Waals surface area contributed by atoms with Gasteiger partial charge in [-0.3, -0.25) is 9.36 Å². The van der Waals surface area contributed by atoms with E-state index in [1.807, 2.05) is 68.4 Å². The first-order valence-corrected chi connectivity index (χ1v) is 15.6. The number of allylic oxidation sites excluding steroid dienone is 1. The SMILES string of the molecule is CCOC(=O)C1=C(C)N=c2s/c(=C\c3ccc(OCCOc4ccc(C)cc4)c(OCC)c3)c(=O)n2C1c1ccc(OC)cc1. The molecule has 0 radical (unpaired) electrons. The topological polar surface area (TPSA) is 97.6 Å². The Morgan fingerprint density at radius 1 is 0.889 bits per heavy atom. The van der Waals surface area contributed by atoms with Gasteiger partial charge >= 0.3 is 5.97 Å². The Balaban J connectivity index is 1.45. The summed E-state index contributed by atoms with van der Waals surface area (Å²) in [6, 6.07) is 20.0. The monoisotopic (exact) mass is 628 g/mol. The van der Waals surface area contributed by atoms with Gasteiger partial charge in [0.1, 0.15) is 24.7 Å². The number of thiazole rings is 1. The van der Waals surface area contributed by atoms with E-state index in [1.165, 1.54) is 16.9 Å². The van der Waals surface area contributed by atoms with Crippen molar-refractivity contribution < 1.29 is 28.5 Å². The Bertz CT molecular complexity index is 1870. The van der Waals surface area contributed by atoms with Gasteiger partial charge in [0.2, 0.25) is 0 Å². The fourth-order valence-electron chi connectivity index (χ4n) is 4.99. The van der Waals surface area contributed by atoms with E-state index in [-0.39, 0.29) is 12.2 Å². The predicted molar refractivity (Wildman–Crippen MR) is 173 cm³/mol. The van der Waals surface area contributed by atoms with Gasteiger partial charge in [-0.15, -0.1) is 0 Å². The second kappa shape index (κ2) is 14.3. The fourth-order valence-corrected chi connectivity index (χ4v) is 6.04. The average Bonchev–Trinajstić information content (AvgIpc) is 3.34. The molecule has 0 amide bonds. The number of methoxy groups -OCH3 is 1. The van der Waals surface area contributed by atoms with E-state index in [2.05, 4.69) is 4.99 Å². The molecule has 5 rings (SSSR count). The highest BCUT2D eigenvalue weighted by atomic mass is 32.1. The second-order valence-corrected chi connectivity index (χ2v) is 11.2. The minimum atomic E-state index is -0.703. The van der Waals surface area contributed by atoms with Crippen LogP contribution in [0.4, 0.5) is 0 Å². The number of aromatic nitrogens is 1. The van der Waals surface area contributed by atoms with Crippen LogP contribution in [-0.2, 0) is 9.53 Å².